The zero-order valence-corrected chi connectivity index (χ0v) is 15.0. The predicted molar refractivity (Wildman–Crippen MR) is 99.9 cm³/mol. The Morgan fingerprint density at radius 1 is 0.750 bits per heavy atom. The van der Waals surface area contributed by atoms with Gasteiger partial charge in [0.05, 0.1) is 16.3 Å². The molecule has 3 aromatic rings. The highest BCUT2D eigenvalue weighted by molar-refractivity contribution is 6.37. The van der Waals surface area contributed by atoms with E-state index in [9.17, 15) is 5.26 Å². The van der Waals surface area contributed by atoms with Crippen LogP contribution in [0.4, 0.5) is 0 Å². The van der Waals surface area contributed by atoms with Gasteiger partial charge in [-0.1, -0.05) is 52.5 Å². The van der Waals surface area contributed by atoms with Crippen molar-refractivity contribution in [2.24, 2.45) is 0 Å². The molecule has 0 saturated heterocycles. The highest BCUT2D eigenvalue weighted by atomic mass is 35.5. The van der Waals surface area contributed by atoms with Crippen molar-refractivity contribution in [3.8, 4) is 28.5 Å². The Bertz CT molecular complexity index is 977. The van der Waals surface area contributed by atoms with E-state index in [-0.39, 0.29) is 0 Å². The largest absolute Gasteiger partial charge is 0.254 e. The summed E-state index contributed by atoms with van der Waals surface area (Å²) in [4.78, 5) is 4.41. The van der Waals surface area contributed by atoms with Crippen molar-refractivity contribution >= 4 is 46.4 Å². The smallest absolute Gasteiger partial charge is 0.101 e. The standard InChI is InChI=1S/C18H8Cl4N2/c19-11-1-3-13(16(21)6-11)15-5-10(8-23)9-24-18(15)14-4-2-12(20)7-17(14)22/h1-7,9H. The van der Waals surface area contributed by atoms with Gasteiger partial charge in [0, 0.05) is 38.0 Å². The van der Waals surface area contributed by atoms with Crippen molar-refractivity contribution < 1.29 is 0 Å². The number of benzene rings is 2. The number of aromatic nitrogens is 1. The van der Waals surface area contributed by atoms with Gasteiger partial charge in [-0.3, -0.25) is 4.98 Å². The van der Waals surface area contributed by atoms with Crippen LogP contribution in [0.3, 0.4) is 0 Å². The quantitative estimate of drug-likeness (QED) is 0.474. The summed E-state index contributed by atoms with van der Waals surface area (Å²) in [7, 11) is 0. The Balaban J connectivity index is 2.29. The van der Waals surface area contributed by atoms with E-state index >= 15 is 0 Å². The SMILES string of the molecule is N#Cc1cnc(-c2ccc(Cl)cc2Cl)c(-c2ccc(Cl)cc2Cl)c1. The molecule has 0 unspecified atom stereocenters. The molecule has 0 amide bonds. The van der Waals surface area contributed by atoms with Crippen LogP contribution in [0.15, 0.2) is 48.7 Å². The topological polar surface area (TPSA) is 36.7 Å². The van der Waals surface area contributed by atoms with Crippen LogP contribution in [0, 0.1) is 11.3 Å². The Morgan fingerprint density at radius 2 is 1.33 bits per heavy atom. The zero-order valence-electron chi connectivity index (χ0n) is 12.0. The van der Waals surface area contributed by atoms with Gasteiger partial charge in [0.15, 0.2) is 0 Å². The van der Waals surface area contributed by atoms with Crippen molar-refractivity contribution in [1.29, 1.82) is 5.26 Å². The first-order valence-electron chi connectivity index (χ1n) is 6.80. The second-order valence-corrected chi connectivity index (χ2v) is 6.67. The van der Waals surface area contributed by atoms with Crippen LogP contribution < -0.4 is 0 Å². The summed E-state index contributed by atoms with van der Waals surface area (Å²) < 4.78 is 0. The molecule has 2 aromatic carbocycles. The number of nitriles is 1. The molecule has 3 rings (SSSR count). The number of rotatable bonds is 2. The third-order valence-electron chi connectivity index (χ3n) is 3.42. The van der Waals surface area contributed by atoms with Crippen LogP contribution in [0.25, 0.3) is 22.4 Å². The molecule has 0 aliphatic heterocycles. The molecule has 1 heterocycles. The van der Waals surface area contributed by atoms with Crippen LogP contribution >= 0.6 is 46.4 Å². The fourth-order valence-corrected chi connectivity index (χ4v) is 3.34. The average Bonchev–Trinajstić information content (AvgIpc) is 2.55. The summed E-state index contributed by atoms with van der Waals surface area (Å²) in [5.74, 6) is 0. The molecule has 0 saturated carbocycles. The lowest BCUT2D eigenvalue weighted by Crippen LogP contribution is -1.93. The highest BCUT2D eigenvalue weighted by Gasteiger charge is 2.16. The molecule has 0 atom stereocenters. The summed E-state index contributed by atoms with van der Waals surface area (Å²) in [5, 5.41) is 11.2. The van der Waals surface area contributed by atoms with E-state index in [4.69, 9.17) is 46.4 Å². The first-order valence-corrected chi connectivity index (χ1v) is 8.32. The summed E-state index contributed by atoms with van der Waals surface area (Å²) >= 11 is 24.6. The third kappa shape index (κ3) is 3.36. The van der Waals surface area contributed by atoms with Gasteiger partial charge in [0.2, 0.25) is 0 Å². The predicted octanol–water partition coefficient (Wildman–Crippen LogP) is 6.90. The molecule has 2 nitrogen and oxygen atoms in total. The molecule has 6 heteroatoms. The van der Waals surface area contributed by atoms with Crippen molar-refractivity contribution in [3.05, 3.63) is 74.3 Å². The van der Waals surface area contributed by atoms with E-state index in [1.807, 2.05) is 0 Å². The van der Waals surface area contributed by atoms with E-state index in [1.165, 1.54) is 6.20 Å². The summed E-state index contributed by atoms with van der Waals surface area (Å²) in [6, 6.07) is 14.1. The lowest BCUT2D eigenvalue weighted by atomic mass is 9.98. The molecular formula is C18H8Cl4N2. The van der Waals surface area contributed by atoms with Crippen LogP contribution in [0.5, 0.6) is 0 Å². The van der Waals surface area contributed by atoms with E-state index in [1.54, 1.807) is 42.5 Å². The summed E-state index contributed by atoms with van der Waals surface area (Å²) in [6.45, 7) is 0. The number of pyridine rings is 1. The second kappa shape index (κ2) is 7.01. The van der Waals surface area contributed by atoms with Crippen LogP contribution in [0.1, 0.15) is 5.56 Å². The molecule has 0 bridgehead atoms. The molecule has 0 N–H and O–H groups in total. The molecular weight excluding hydrogens is 386 g/mol. The van der Waals surface area contributed by atoms with Crippen LogP contribution in [-0.4, -0.2) is 4.98 Å². The van der Waals surface area contributed by atoms with Crippen LogP contribution in [-0.2, 0) is 0 Å². The molecule has 1 aromatic heterocycles. The van der Waals surface area contributed by atoms with Gasteiger partial charge in [-0.2, -0.15) is 5.26 Å². The second-order valence-electron chi connectivity index (χ2n) is 4.98. The lowest BCUT2D eigenvalue weighted by molar-refractivity contribution is 1.30. The first-order chi connectivity index (χ1) is 11.5. The Labute approximate surface area is 159 Å². The molecule has 24 heavy (non-hydrogen) atoms. The maximum absolute atomic E-state index is 9.19. The van der Waals surface area contributed by atoms with Gasteiger partial charge in [-0.05, 0) is 36.4 Å². The van der Waals surface area contributed by atoms with E-state index in [0.29, 0.717) is 48.0 Å². The number of halogens is 4. The number of hydrogen-bond acceptors (Lipinski definition) is 2. The van der Waals surface area contributed by atoms with Gasteiger partial charge < -0.3 is 0 Å². The van der Waals surface area contributed by atoms with Crippen molar-refractivity contribution in [1.82, 2.24) is 4.98 Å². The van der Waals surface area contributed by atoms with Crippen molar-refractivity contribution in [2.45, 2.75) is 0 Å². The Kier molecular flexibility index (Phi) is 4.99. The minimum atomic E-state index is 0.421. The van der Waals surface area contributed by atoms with Gasteiger partial charge in [-0.25, -0.2) is 0 Å². The minimum Gasteiger partial charge on any atom is -0.254 e. The minimum absolute atomic E-state index is 0.421. The average molecular weight is 394 g/mol. The highest BCUT2D eigenvalue weighted by Crippen LogP contribution is 2.39. The molecule has 0 aliphatic rings. The van der Waals surface area contributed by atoms with Gasteiger partial charge >= 0.3 is 0 Å². The lowest BCUT2D eigenvalue weighted by Gasteiger charge is -2.13. The van der Waals surface area contributed by atoms with Gasteiger partial charge in [0.25, 0.3) is 0 Å². The molecule has 0 spiro atoms. The molecule has 0 radical (unpaired) electrons. The van der Waals surface area contributed by atoms with E-state index in [0.717, 1.165) is 0 Å². The van der Waals surface area contributed by atoms with Crippen molar-refractivity contribution in [2.75, 3.05) is 0 Å². The van der Waals surface area contributed by atoms with Crippen LogP contribution in [0.2, 0.25) is 20.1 Å². The normalized spacial score (nSPS) is 10.5. The molecule has 0 aliphatic carbocycles. The monoisotopic (exact) mass is 392 g/mol. The van der Waals surface area contributed by atoms with E-state index < -0.39 is 0 Å². The maximum atomic E-state index is 9.19. The summed E-state index contributed by atoms with van der Waals surface area (Å²) in [6.07, 6.45) is 1.49. The fraction of sp³-hybridized carbons (Fsp3) is 0. The number of nitrogens with zero attached hydrogens (tertiary/aromatic N) is 2. The Morgan fingerprint density at radius 3 is 1.88 bits per heavy atom. The summed E-state index contributed by atoms with van der Waals surface area (Å²) in [5.41, 5.74) is 3.14. The zero-order chi connectivity index (χ0) is 17.3. The van der Waals surface area contributed by atoms with Gasteiger partial charge in [0.1, 0.15) is 6.07 Å². The Hall–Kier alpha value is -1.76. The molecule has 118 valence electrons. The third-order valence-corrected chi connectivity index (χ3v) is 4.52. The molecule has 0 fully saturated rings. The maximum Gasteiger partial charge on any atom is 0.101 e. The fourth-order valence-electron chi connectivity index (χ4n) is 2.34. The first kappa shape index (κ1) is 17.1. The van der Waals surface area contributed by atoms with Crippen molar-refractivity contribution in [3.63, 3.8) is 0 Å². The number of hydrogen-bond donors (Lipinski definition) is 0. The van der Waals surface area contributed by atoms with E-state index in [2.05, 4.69) is 11.1 Å². The van der Waals surface area contributed by atoms with Gasteiger partial charge in [-0.15, -0.1) is 0 Å².